The second-order valence-electron chi connectivity index (χ2n) is 4.77. The molecule has 0 aliphatic carbocycles. The minimum Gasteiger partial charge on any atom is -0.496 e. The Kier molecular flexibility index (Phi) is 2.82. The maximum atomic E-state index is 5.38. The largest absolute Gasteiger partial charge is 0.496 e. The van der Waals surface area contributed by atoms with E-state index in [2.05, 4.69) is 30.8 Å². The number of rotatable bonds is 3. The summed E-state index contributed by atoms with van der Waals surface area (Å²) in [6.07, 6.45) is 0. The molecular formula is C15H12N6O. The smallest absolute Gasteiger partial charge is 0.208 e. The SMILES string of the molecule is COc1ccc(-c2n[nH]c3ccccc23)cc1-c1nn[nH]n1. The lowest BCUT2D eigenvalue weighted by atomic mass is 10.0. The molecule has 4 rings (SSSR count). The van der Waals surface area contributed by atoms with Gasteiger partial charge in [0.2, 0.25) is 5.82 Å². The summed E-state index contributed by atoms with van der Waals surface area (Å²) in [5, 5.41) is 22.6. The molecule has 0 unspecified atom stereocenters. The molecule has 0 saturated carbocycles. The number of para-hydroxylation sites is 1. The Balaban J connectivity index is 1.91. The Morgan fingerprint density at radius 1 is 1.05 bits per heavy atom. The molecule has 2 aromatic heterocycles. The summed E-state index contributed by atoms with van der Waals surface area (Å²) in [7, 11) is 1.61. The molecule has 0 saturated heterocycles. The normalized spacial score (nSPS) is 11.0. The number of ether oxygens (including phenoxy) is 1. The molecule has 2 aromatic carbocycles. The minimum absolute atomic E-state index is 0.485. The molecule has 2 heterocycles. The van der Waals surface area contributed by atoms with Crippen molar-refractivity contribution < 1.29 is 4.74 Å². The van der Waals surface area contributed by atoms with Gasteiger partial charge in [-0.25, -0.2) is 0 Å². The van der Waals surface area contributed by atoms with E-state index in [-0.39, 0.29) is 0 Å². The van der Waals surface area contributed by atoms with E-state index >= 15 is 0 Å². The fourth-order valence-corrected chi connectivity index (χ4v) is 2.49. The van der Waals surface area contributed by atoms with Crippen molar-refractivity contribution >= 4 is 10.9 Å². The summed E-state index contributed by atoms with van der Waals surface area (Å²) in [6.45, 7) is 0. The molecule has 0 radical (unpaired) electrons. The van der Waals surface area contributed by atoms with Crippen LogP contribution in [0.5, 0.6) is 5.75 Å². The summed E-state index contributed by atoms with van der Waals surface area (Å²) in [5.41, 5.74) is 3.59. The molecule has 108 valence electrons. The average molecular weight is 292 g/mol. The van der Waals surface area contributed by atoms with E-state index in [0.29, 0.717) is 11.6 Å². The Bertz CT molecular complexity index is 928. The fourth-order valence-electron chi connectivity index (χ4n) is 2.49. The summed E-state index contributed by atoms with van der Waals surface area (Å²) in [5.74, 6) is 1.17. The van der Waals surface area contributed by atoms with E-state index in [1.807, 2.05) is 42.5 Å². The zero-order valence-electron chi connectivity index (χ0n) is 11.7. The van der Waals surface area contributed by atoms with Crippen LogP contribution in [-0.4, -0.2) is 37.9 Å². The number of nitrogens with zero attached hydrogens (tertiary/aromatic N) is 4. The molecule has 22 heavy (non-hydrogen) atoms. The lowest BCUT2D eigenvalue weighted by Gasteiger charge is -2.07. The van der Waals surface area contributed by atoms with E-state index in [1.54, 1.807) is 7.11 Å². The van der Waals surface area contributed by atoms with Crippen molar-refractivity contribution in [3.8, 4) is 28.4 Å². The highest BCUT2D eigenvalue weighted by Crippen LogP contribution is 2.33. The first-order valence-electron chi connectivity index (χ1n) is 6.72. The van der Waals surface area contributed by atoms with Gasteiger partial charge < -0.3 is 4.74 Å². The number of hydrogen-bond acceptors (Lipinski definition) is 5. The van der Waals surface area contributed by atoms with Crippen molar-refractivity contribution in [1.82, 2.24) is 30.8 Å². The third-order valence-electron chi connectivity index (χ3n) is 3.53. The number of aromatic nitrogens is 6. The van der Waals surface area contributed by atoms with Crippen LogP contribution in [0.3, 0.4) is 0 Å². The fraction of sp³-hybridized carbons (Fsp3) is 0.0667. The molecule has 0 fully saturated rings. The standard InChI is InChI=1S/C15H12N6O/c1-22-13-7-6-9(8-11(13)15-18-20-21-19-15)14-10-4-2-3-5-12(10)16-17-14/h2-8H,1H3,(H,16,17)(H,18,19,20,21). The van der Waals surface area contributed by atoms with Gasteiger partial charge in [0.1, 0.15) is 5.75 Å². The quantitative estimate of drug-likeness (QED) is 0.605. The summed E-state index contributed by atoms with van der Waals surface area (Å²) in [4.78, 5) is 0. The number of methoxy groups -OCH3 is 1. The molecule has 2 N–H and O–H groups in total. The van der Waals surface area contributed by atoms with Crippen LogP contribution in [0.1, 0.15) is 0 Å². The maximum Gasteiger partial charge on any atom is 0.208 e. The van der Waals surface area contributed by atoms with E-state index < -0.39 is 0 Å². The van der Waals surface area contributed by atoms with Gasteiger partial charge in [-0.05, 0) is 29.5 Å². The zero-order chi connectivity index (χ0) is 14.9. The molecule has 7 heteroatoms. The van der Waals surface area contributed by atoms with Gasteiger partial charge >= 0.3 is 0 Å². The van der Waals surface area contributed by atoms with Crippen molar-refractivity contribution in [3.05, 3.63) is 42.5 Å². The molecule has 7 nitrogen and oxygen atoms in total. The number of fused-ring (bicyclic) bond motifs is 1. The lowest BCUT2D eigenvalue weighted by molar-refractivity contribution is 0.416. The number of nitrogens with one attached hydrogen (secondary N) is 2. The number of hydrogen-bond donors (Lipinski definition) is 2. The third kappa shape index (κ3) is 1.91. The Hall–Kier alpha value is -3.22. The van der Waals surface area contributed by atoms with Crippen LogP contribution in [0.2, 0.25) is 0 Å². The van der Waals surface area contributed by atoms with E-state index in [1.165, 1.54) is 0 Å². The summed E-state index contributed by atoms with van der Waals surface area (Å²) >= 11 is 0. The molecule has 0 aliphatic rings. The molecule has 0 spiro atoms. The number of H-pyrrole nitrogens is 2. The van der Waals surface area contributed by atoms with E-state index in [9.17, 15) is 0 Å². The Morgan fingerprint density at radius 3 is 2.77 bits per heavy atom. The predicted molar refractivity (Wildman–Crippen MR) is 81.3 cm³/mol. The van der Waals surface area contributed by atoms with Crippen molar-refractivity contribution in [2.24, 2.45) is 0 Å². The minimum atomic E-state index is 0.485. The average Bonchev–Trinajstić information content (AvgIpc) is 3.24. The molecule has 0 amide bonds. The van der Waals surface area contributed by atoms with E-state index in [0.717, 1.165) is 27.7 Å². The molecule has 4 aromatic rings. The van der Waals surface area contributed by atoms with Gasteiger partial charge in [-0.2, -0.15) is 10.3 Å². The van der Waals surface area contributed by atoms with Gasteiger partial charge in [0.25, 0.3) is 0 Å². The summed E-state index contributed by atoms with van der Waals surface area (Å²) in [6, 6.07) is 13.8. The molecule has 0 atom stereocenters. The Morgan fingerprint density at radius 2 is 1.95 bits per heavy atom. The van der Waals surface area contributed by atoms with Gasteiger partial charge in [0, 0.05) is 10.9 Å². The lowest BCUT2D eigenvalue weighted by Crippen LogP contribution is -1.91. The topological polar surface area (TPSA) is 92.4 Å². The van der Waals surface area contributed by atoms with Gasteiger partial charge in [0.05, 0.1) is 23.9 Å². The molecular weight excluding hydrogens is 280 g/mol. The maximum absolute atomic E-state index is 5.38. The first kappa shape index (κ1) is 12.5. The van der Waals surface area contributed by atoms with Crippen LogP contribution in [-0.2, 0) is 0 Å². The van der Waals surface area contributed by atoms with Crippen LogP contribution >= 0.6 is 0 Å². The van der Waals surface area contributed by atoms with Gasteiger partial charge in [-0.1, -0.05) is 18.2 Å². The summed E-state index contributed by atoms with van der Waals surface area (Å²) < 4.78 is 5.38. The highest BCUT2D eigenvalue weighted by atomic mass is 16.5. The first-order chi connectivity index (χ1) is 10.9. The van der Waals surface area contributed by atoms with Crippen LogP contribution in [0, 0.1) is 0 Å². The van der Waals surface area contributed by atoms with Crippen LogP contribution in [0.15, 0.2) is 42.5 Å². The van der Waals surface area contributed by atoms with Crippen molar-refractivity contribution in [3.63, 3.8) is 0 Å². The number of aromatic amines is 2. The van der Waals surface area contributed by atoms with Crippen LogP contribution in [0.4, 0.5) is 0 Å². The van der Waals surface area contributed by atoms with Crippen molar-refractivity contribution in [2.75, 3.05) is 7.11 Å². The Labute approximate surface area is 125 Å². The number of benzene rings is 2. The van der Waals surface area contributed by atoms with Crippen molar-refractivity contribution in [2.45, 2.75) is 0 Å². The first-order valence-corrected chi connectivity index (χ1v) is 6.72. The van der Waals surface area contributed by atoms with E-state index in [4.69, 9.17) is 4.74 Å². The zero-order valence-corrected chi connectivity index (χ0v) is 11.7. The van der Waals surface area contributed by atoms with Crippen LogP contribution < -0.4 is 4.74 Å². The molecule has 0 aliphatic heterocycles. The second-order valence-corrected chi connectivity index (χ2v) is 4.77. The van der Waals surface area contributed by atoms with Gasteiger partial charge in [-0.3, -0.25) is 5.10 Å². The monoisotopic (exact) mass is 292 g/mol. The van der Waals surface area contributed by atoms with Gasteiger partial charge in [0.15, 0.2) is 0 Å². The highest BCUT2D eigenvalue weighted by molar-refractivity contribution is 5.93. The highest BCUT2D eigenvalue weighted by Gasteiger charge is 2.14. The van der Waals surface area contributed by atoms with Crippen molar-refractivity contribution in [1.29, 1.82) is 0 Å². The number of tetrazole rings is 1. The third-order valence-corrected chi connectivity index (χ3v) is 3.53. The molecule has 0 bridgehead atoms. The predicted octanol–water partition coefficient (Wildman–Crippen LogP) is 2.42. The van der Waals surface area contributed by atoms with Crippen LogP contribution in [0.25, 0.3) is 33.5 Å². The van der Waals surface area contributed by atoms with Gasteiger partial charge in [-0.15, -0.1) is 10.2 Å². The second kappa shape index (κ2) is 4.96.